The third-order valence-corrected chi connectivity index (χ3v) is 6.59. The highest BCUT2D eigenvalue weighted by atomic mass is 32.1. The Morgan fingerprint density at radius 3 is 2.60 bits per heavy atom. The molecule has 1 fully saturated rings. The van der Waals surface area contributed by atoms with Crippen molar-refractivity contribution in [1.82, 2.24) is 14.0 Å². The number of thiophene rings is 1. The van der Waals surface area contributed by atoms with Crippen LogP contribution in [-0.2, 0) is 31.4 Å². The molecule has 4 heterocycles. The molecule has 7 heteroatoms. The second-order valence-corrected chi connectivity index (χ2v) is 8.86. The second kappa shape index (κ2) is 6.07. The van der Waals surface area contributed by atoms with Crippen molar-refractivity contribution in [2.45, 2.75) is 51.9 Å². The van der Waals surface area contributed by atoms with E-state index >= 15 is 0 Å². The molecule has 2 aromatic rings. The molecule has 0 atom stereocenters. The van der Waals surface area contributed by atoms with E-state index in [0.717, 1.165) is 37.1 Å². The van der Waals surface area contributed by atoms with Crippen molar-refractivity contribution in [3.63, 3.8) is 0 Å². The fourth-order valence-electron chi connectivity index (χ4n) is 3.90. The van der Waals surface area contributed by atoms with E-state index in [1.54, 1.807) is 11.6 Å². The Morgan fingerprint density at radius 2 is 1.88 bits per heavy atom. The van der Waals surface area contributed by atoms with Gasteiger partial charge in [0.1, 0.15) is 4.70 Å². The maximum absolute atomic E-state index is 12.8. The number of hydrogen-bond acceptors (Lipinski definition) is 5. The van der Waals surface area contributed by atoms with Crippen molar-refractivity contribution in [2.24, 2.45) is 7.05 Å². The molecule has 25 heavy (non-hydrogen) atoms. The number of fused-ring (bicyclic) bond motifs is 3. The van der Waals surface area contributed by atoms with Gasteiger partial charge in [0.25, 0.3) is 5.56 Å². The van der Waals surface area contributed by atoms with E-state index in [2.05, 4.69) is 18.7 Å². The minimum atomic E-state index is -0.222. The number of ether oxygens (including phenoxy) is 1. The molecule has 0 unspecified atom stereocenters. The Morgan fingerprint density at radius 1 is 1.16 bits per heavy atom. The van der Waals surface area contributed by atoms with Crippen LogP contribution in [0.25, 0.3) is 10.2 Å². The second-order valence-electron chi connectivity index (χ2n) is 7.75. The van der Waals surface area contributed by atoms with Crippen molar-refractivity contribution in [3.8, 4) is 0 Å². The van der Waals surface area contributed by atoms with Gasteiger partial charge in [-0.2, -0.15) is 0 Å². The lowest BCUT2D eigenvalue weighted by atomic mass is 9.98. The lowest BCUT2D eigenvalue weighted by Crippen LogP contribution is -2.40. The molecule has 0 bridgehead atoms. The van der Waals surface area contributed by atoms with Gasteiger partial charge in [0.05, 0.1) is 17.7 Å². The van der Waals surface area contributed by atoms with Crippen molar-refractivity contribution < 1.29 is 4.74 Å². The van der Waals surface area contributed by atoms with Crippen LogP contribution in [0, 0.1) is 0 Å². The molecule has 0 aliphatic carbocycles. The molecular formula is C18H25N3O3S. The molecule has 136 valence electrons. The fraction of sp³-hybridized carbons (Fsp3) is 0.667. The van der Waals surface area contributed by atoms with Gasteiger partial charge in [-0.25, -0.2) is 4.79 Å². The zero-order valence-corrected chi connectivity index (χ0v) is 15.9. The van der Waals surface area contributed by atoms with Gasteiger partial charge in [-0.15, -0.1) is 11.3 Å². The Kier molecular flexibility index (Phi) is 4.13. The highest BCUT2D eigenvalue weighted by molar-refractivity contribution is 7.19. The summed E-state index contributed by atoms with van der Waals surface area (Å²) in [6.45, 7) is 8.28. The lowest BCUT2D eigenvalue weighted by molar-refractivity contribution is -0.0384. The Labute approximate surface area is 150 Å². The molecule has 0 spiro atoms. The predicted octanol–water partition coefficient (Wildman–Crippen LogP) is 1.71. The smallest absolute Gasteiger partial charge is 0.331 e. The largest absolute Gasteiger partial charge is 0.370 e. The molecule has 0 N–H and O–H groups in total. The van der Waals surface area contributed by atoms with E-state index in [1.807, 2.05) is 0 Å². The van der Waals surface area contributed by atoms with Crippen LogP contribution in [0.1, 0.15) is 37.1 Å². The number of likely N-dealkylation sites (tertiary alicyclic amines) is 1. The van der Waals surface area contributed by atoms with Crippen LogP contribution in [0.15, 0.2) is 9.59 Å². The monoisotopic (exact) mass is 363 g/mol. The average Bonchev–Trinajstić information content (AvgIpc) is 3.19. The third-order valence-electron chi connectivity index (χ3n) is 5.38. The Balaban J connectivity index is 1.84. The van der Waals surface area contributed by atoms with Crippen LogP contribution >= 0.6 is 11.3 Å². The summed E-state index contributed by atoms with van der Waals surface area (Å²) in [6, 6.07) is 0. The zero-order valence-electron chi connectivity index (χ0n) is 15.1. The van der Waals surface area contributed by atoms with Crippen molar-refractivity contribution in [3.05, 3.63) is 31.3 Å². The number of nitrogens with zero attached hydrogens (tertiary/aromatic N) is 3. The lowest BCUT2D eigenvalue weighted by Gasteiger charge is -2.30. The van der Waals surface area contributed by atoms with Gasteiger partial charge in [-0.05, 0) is 39.8 Å². The van der Waals surface area contributed by atoms with E-state index in [-0.39, 0.29) is 16.9 Å². The normalized spacial score (nSPS) is 20.3. The topological polar surface area (TPSA) is 56.5 Å². The van der Waals surface area contributed by atoms with Crippen LogP contribution in [0.5, 0.6) is 0 Å². The van der Waals surface area contributed by atoms with E-state index in [9.17, 15) is 9.59 Å². The first-order chi connectivity index (χ1) is 11.9. The average molecular weight is 363 g/mol. The molecular weight excluding hydrogens is 338 g/mol. The molecule has 1 saturated heterocycles. The van der Waals surface area contributed by atoms with Crippen LogP contribution in [0.3, 0.4) is 0 Å². The minimum absolute atomic E-state index is 0.186. The van der Waals surface area contributed by atoms with E-state index in [4.69, 9.17) is 4.74 Å². The summed E-state index contributed by atoms with van der Waals surface area (Å²) in [5.74, 6) is 0. The van der Waals surface area contributed by atoms with Gasteiger partial charge in [-0.1, -0.05) is 0 Å². The van der Waals surface area contributed by atoms with Gasteiger partial charge >= 0.3 is 5.69 Å². The highest BCUT2D eigenvalue weighted by Crippen LogP contribution is 2.37. The van der Waals surface area contributed by atoms with Crippen LogP contribution in [0.4, 0.5) is 0 Å². The first kappa shape index (κ1) is 17.0. The van der Waals surface area contributed by atoms with Gasteiger partial charge in [0.15, 0.2) is 0 Å². The molecule has 0 saturated carbocycles. The van der Waals surface area contributed by atoms with Gasteiger partial charge in [0, 0.05) is 37.0 Å². The number of aromatic nitrogens is 2. The van der Waals surface area contributed by atoms with Crippen molar-refractivity contribution in [1.29, 1.82) is 0 Å². The maximum Gasteiger partial charge on any atom is 0.331 e. The molecule has 2 aliphatic heterocycles. The maximum atomic E-state index is 12.8. The SMILES string of the molecule is Cn1c(=O)c2sc3c(c2n(CCN2CCCC2)c1=O)COC(C)(C)C3. The van der Waals surface area contributed by atoms with Crippen LogP contribution < -0.4 is 11.2 Å². The fourth-order valence-corrected chi connectivity index (χ4v) is 5.40. The van der Waals surface area contributed by atoms with E-state index in [1.165, 1.54) is 33.6 Å². The zero-order chi connectivity index (χ0) is 17.8. The summed E-state index contributed by atoms with van der Waals surface area (Å²) < 4.78 is 9.71. The summed E-state index contributed by atoms with van der Waals surface area (Å²) >= 11 is 1.54. The molecule has 0 aromatic carbocycles. The Bertz CT molecular complexity index is 932. The molecule has 4 rings (SSSR count). The Hall–Kier alpha value is -1.44. The molecule has 6 nitrogen and oxygen atoms in total. The first-order valence-electron chi connectivity index (χ1n) is 8.98. The number of hydrogen-bond donors (Lipinski definition) is 0. The molecule has 2 aromatic heterocycles. The minimum Gasteiger partial charge on any atom is -0.370 e. The summed E-state index contributed by atoms with van der Waals surface area (Å²) in [4.78, 5) is 29.0. The highest BCUT2D eigenvalue weighted by Gasteiger charge is 2.31. The third kappa shape index (κ3) is 2.88. The molecule has 0 radical (unpaired) electrons. The quantitative estimate of drug-likeness (QED) is 0.833. The van der Waals surface area contributed by atoms with Gasteiger partial charge in [0.2, 0.25) is 0 Å². The summed E-state index contributed by atoms with van der Waals surface area (Å²) in [7, 11) is 1.58. The predicted molar refractivity (Wildman–Crippen MR) is 99.6 cm³/mol. The summed E-state index contributed by atoms with van der Waals surface area (Å²) in [6.07, 6.45) is 3.24. The first-order valence-corrected chi connectivity index (χ1v) is 9.79. The van der Waals surface area contributed by atoms with Crippen molar-refractivity contribution in [2.75, 3.05) is 19.6 Å². The van der Waals surface area contributed by atoms with Crippen LogP contribution in [0.2, 0.25) is 0 Å². The standard InChI is InChI=1S/C18H25N3O3S/c1-18(2)10-13-12(11-24-18)14-15(25-13)16(22)19(3)17(23)21(14)9-8-20-6-4-5-7-20/h4-11H2,1-3H3. The van der Waals surface area contributed by atoms with Crippen LogP contribution in [-0.4, -0.2) is 39.3 Å². The summed E-state index contributed by atoms with van der Waals surface area (Å²) in [5.41, 5.74) is 1.22. The van der Waals surface area contributed by atoms with Gasteiger partial charge < -0.3 is 9.64 Å². The van der Waals surface area contributed by atoms with Crippen molar-refractivity contribution >= 4 is 21.6 Å². The van der Waals surface area contributed by atoms with E-state index in [0.29, 0.717) is 17.9 Å². The molecule has 2 aliphatic rings. The summed E-state index contributed by atoms with van der Waals surface area (Å²) in [5, 5.41) is 0. The number of rotatable bonds is 3. The van der Waals surface area contributed by atoms with E-state index < -0.39 is 0 Å². The molecule has 0 amide bonds. The van der Waals surface area contributed by atoms with Gasteiger partial charge in [-0.3, -0.25) is 13.9 Å².